The highest BCUT2D eigenvalue weighted by molar-refractivity contribution is 7.84. The molecule has 2 aromatic rings. The standard InChI is InChI=1S/C24H32FN3O5S/c1-16(2)31-13-5-6-22(29)28-11-9-18(10-12-28)32-23-17(3)24(27-15-26-23)33-21-8-7-19(34(4)30)14-20(21)25/h7-8,14-16,18H,5-6,9-13H2,1-4H3. The van der Waals surface area contributed by atoms with Crippen molar-refractivity contribution in [2.24, 2.45) is 0 Å². The molecular formula is C24H32FN3O5S. The number of halogens is 1. The van der Waals surface area contributed by atoms with Gasteiger partial charge in [-0.15, -0.1) is 0 Å². The van der Waals surface area contributed by atoms with E-state index in [2.05, 4.69) is 9.97 Å². The summed E-state index contributed by atoms with van der Waals surface area (Å²) in [6, 6.07) is 4.16. The van der Waals surface area contributed by atoms with Crippen LogP contribution in [-0.2, 0) is 20.3 Å². The molecule has 1 unspecified atom stereocenters. The lowest BCUT2D eigenvalue weighted by Gasteiger charge is -2.32. The Morgan fingerprint density at radius 3 is 2.59 bits per heavy atom. The van der Waals surface area contributed by atoms with Crippen LogP contribution in [0.4, 0.5) is 4.39 Å². The highest BCUT2D eigenvalue weighted by Gasteiger charge is 2.25. The molecule has 2 heterocycles. The monoisotopic (exact) mass is 493 g/mol. The molecule has 10 heteroatoms. The topological polar surface area (TPSA) is 90.9 Å². The molecule has 1 amide bonds. The molecule has 1 fully saturated rings. The average molecular weight is 494 g/mol. The van der Waals surface area contributed by atoms with Crippen LogP contribution in [0.5, 0.6) is 17.5 Å². The molecule has 3 rings (SSSR count). The van der Waals surface area contributed by atoms with Gasteiger partial charge in [-0.25, -0.2) is 14.4 Å². The molecule has 0 saturated carbocycles. The summed E-state index contributed by atoms with van der Waals surface area (Å²) in [5.41, 5.74) is 0.550. The summed E-state index contributed by atoms with van der Waals surface area (Å²) in [6.45, 7) is 7.54. The number of piperidine rings is 1. The van der Waals surface area contributed by atoms with Crippen molar-refractivity contribution in [1.82, 2.24) is 14.9 Å². The molecule has 0 radical (unpaired) electrons. The van der Waals surface area contributed by atoms with Gasteiger partial charge in [0.05, 0.1) is 11.7 Å². The predicted molar refractivity (Wildman–Crippen MR) is 126 cm³/mol. The summed E-state index contributed by atoms with van der Waals surface area (Å²) in [6.07, 6.45) is 5.46. The van der Waals surface area contributed by atoms with Crippen LogP contribution in [0.2, 0.25) is 0 Å². The van der Waals surface area contributed by atoms with Crippen LogP contribution in [-0.4, -0.2) is 63.1 Å². The highest BCUT2D eigenvalue weighted by Crippen LogP contribution is 2.31. The Hall–Kier alpha value is -2.59. The van der Waals surface area contributed by atoms with Crippen molar-refractivity contribution < 1.29 is 27.6 Å². The maximum atomic E-state index is 14.4. The van der Waals surface area contributed by atoms with E-state index in [-0.39, 0.29) is 29.7 Å². The normalized spacial score (nSPS) is 15.4. The van der Waals surface area contributed by atoms with E-state index in [0.29, 0.717) is 55.3 Å². The van der Waals surface area contributed by atoms with Gasteiger partial charge in [-0.2, -0.15) is 0 Å². The first kappa shape index (κ1) is 26.0. The van der Waals surface area contributed by atoms with Gasteiger partial charge in [0, 0.05) is 60.9 Å². The van der Waals surface area contributed by atoms with E-state index in [1.54, 1.807) is 13.0 Å². The number of benzene rings is 1. The van der Waals surface area contributed by atoms with E-state index in [0.717, 1.165) is 6.42 Å². The highest BCUT2D eigenvalue weighted by atomic mass is 32.2. The van der Waals surface area contributed by atoms with Crippen molar-refractivity contribution >= 4 is 16.7 Å². The van der Waals surface area contributed by atoms with Crippen LogP contribution in [0.1, 0.15) is 45.1 Å². The van der Waals surface area contributed by atoms with Crippen LogP contribution >= 0.6 is 0 Å². The number of hydrogen-bond acceptors (Lipinski definition) is 7. The minimum atomic E-state index is -1.29. The minimum Gasteiger partial charge on any atom is -0.474 e. The summed E-state index contributed by atoms with van der Waals surface area (Å²) in [5.74, 6) is 0.0472. The zero-order chi connectivity index (χ0) is 24.7. The molecule has 0 bridgehead atoms. The van der Waals surface area contributed by atoms with E-state index in [4.69, 9.17) is 14.2 Å². The summed E-state index contributed by atoms with van der Waals surface area (Å²) in [7, 11) is -1.29. The Kier molecular flexibility index (Phi) is 9.35. The van der Waals surface area contributed by atoms with Crippen molar-refractivity contribution in [2.45, 2.75) is 63.6 Å². The molecule has 1 atom stereocenters. The molecule has 1 aliphatic rings. The fourth-order valence-corrected chi connectivity index (χ4v) is 4.10. The molecule has 0 spiro atoms. The third-order valence-electron chi connectivity index (χ3n) is 5.49. The Balaban J connectivity index is 1.54. The molecule has 1 saturated heterocycles. The summed E-state index contributed by atoms with van der Waals surface area (Å²) in [5, 5.41) is 0. The summed E-state index contributed by atoms with van der Waals surface area (Å²) < 4.78 is 43.1. The number of hydrogen-bond donors (Lipinski definition) is 0. The van der Waals surface area contributed by atoms with Crippen molar-refractivity contribution in [2.75, 3.05) is 26.0 Å². The molecule has 1 aliphatic heterocycles. The van der Waals surface area contributed by atoms with Crippen molar-refractivity contribution in [3.63, 3.8) is 0 Å². The van der Waals surface area contributed by atoms with Crippen LogP contribution < -0.4 is 9.47 Å². The van der Waals surface area contributed by atoms with Crippen LogP contribution in [0.15, 0.2) is 29.4 Å². The second-order valence-corrected chi connectivity index (χ2v) is 9.86. The van der Waals surface area contributed by atoms with Crippen LogP contribution in [0, 0.1) is 12.7 Å². The molecule has 0 aliphatic carbocycles. The number of amides is 1. The molecule has 34 heavy (non-hydrogen) atoms. The number of carbonyl (C=O) groups excluding carboxylic acids is 1. The fraction of sp³-hybridized carbons (Fsp3) is 0.542. The smallest absolute Gasteiger partial charge is 0.229 e. The summed E-state index contributed by atoms with van der Waals surface area (Å²) in [4.78, 5) is 23.0. The number of nitrogens with zero attached hydrogens (tertiary/aromatic N) is 3. The zero-order valence-corrected chi connectivity index (χ0v) is 20.9. The lowest BCUT2D eigenvalue weighted by molar-refractivity contribution is -0.133. The van der Waals surface area contributed by atoms with Gasteiger partial charge in [-0.05, 0) is 45.4 Å². The first-order chi connectivity index (χ1) is 16.2. The number of likely N-dealkylation sites (tertiary alicyclic amines) is 1. The number of carbonyl (C=O) groups is 1. The number of aromatic nitrogens is 2. The van der Waals surface area contributed by atoms with Crippen molar-refractivity contribution in [1.29, 1.82) is 0 Å². The van der Waals surface area contributed by atoms with E-state index >= 15 is 0 Å². The molecular weight excluding hydrogens is 461 g/mol. The Labute approximate surface area is 202 Å². The first-order valence-electron chi connectivity index (χ1n) is 11.4. The molecule has 186 valence electrons. The molecule has 1 aromatic heterocycles. The first-order valence-corrected chi connectivity index (χ1v) is 13.0. The largest absolute Gasteiger partial charge is 0.474 e. The van der Waals surface area contributed by atoms with Crippen LogP contribution in [0.25, 0.3) is 0 Å². The third kappa shape index (κ3) is 7.20. The quantitative estimate of drug-likeness (QED) is 0.462. The van der Waals surface area contributed by atoms with Crippen LogP contribution in [0.3, 0.4) is 0 Å². The van der Waals surface area contributed by atoms with Gasteiger partial charge in [-0.3, -0.25) is 9.00 Å². The van der Waals surface area contributed by atoms with Gasteiger partial charge in [0.15, 0.2) is 11.6 Å². The van der Waals surface area contributed by atoms with E-state index in [9.17, 15) is 13.4 Å². The van der Waals surface area contributed by atoms with Gasteiger partial charge in [0.2, 0.25) is 17.7 Å². The molecule has 0 N–H and O–H groups in total. The molecule has 8 nitrogen and oxygen atoms in total. The number of rotatable bonds is 10. The minimum absolute atomic E-state index is 0.0208. The fourth-order valence-electron chi connectivity index (χ4n) is 3.57. The lowest BCUT2D eigenvalue weighted by atomic mass is 10.1. The third-order valence-corrected chi connectivity index (χ3v) is 6.41. The van der Waals surface area contributed by atoms with Crippen molar-refractivity contribution in [3.8, 4) is 17.5 Å². The van der Waals surface area contributed by atoms with E-state index in [1.807, 2.05) is 18.7 Å². The van der Waals surface area contributed by atoms with Crippen molar-refractivity contribution in [3.05, 3.63) is 35.9 Å². The maximum absolute atomic E-state index is 14.4. The van der Waals surface area contributed by atoms with Gasteiger partial charge < -0.3 is 19.1 Å². The summed E-state index contributed by atoms with van der Waals surface area (Å²) >= 11 is 0. The Bertz CT molecular complexity index is 1010. The predicted octanol–water partition coefficient (Wildman–Crippen LogP) is 4.03. The van der Waals surface area contributed by atoms with E-state index < -0.39 is 16.6 Å². The maximum Gasteiger partial charge on any atom is 0.229 e. The van der Waals surface area contributed by atoms with Gasteiger partial charge >= 0.3 is 0 Å². The molecule has 1 aromatic carbocycles. The van der Waals surface area contributed by atoms with Gasteiger partial charge in [-0.1, -0.05) is 0 Å². The average Bonchev–Trinajstić information content (AvgIpc) is 2.80. The zero-order valence-electron chi connectivity index (χ0n) is 20.1. The number of ether oxygens (including phenoxy) is 3. The Morgan fingerprint density at radius 2 is 1.94 bits per heavy atom. The Morgan fingerprint density at radius 1 is 1.24 bits per heavy atom. The second kappa shape index (κ2) is 12.2. The second-order valence-electron chi connectivity index (χ2n) is 8.48. The van der Waals surface area contributed by atoms with E-state index in [1.165, 1.54) is 24.7 Å². The lowest BCUT2D eigenvalue weighted by Crippen LogP contribution is -2.41. The van der Waals surface area contributed by atoms with Gasteiger partial charge in [0.25, 0.3) is 0 Å². The van der Waals surface area contributed by atoms with Gasteiger partial charge in [0.1, 0.15) is 12.4 Å². The SMILES string of the molecule is Cc1c(Oc2ccc(S(C)=O)cc2F)ncnc1OC1CCN(C(=O)CCCOC(C)C)CC1.